The van der Waals surface area contributed by atoms with Gasteiger partial charge in [-0.1, -0.05) is 0 Å². The van der Waals surface area contributed by atoms with E-state index in [1.807, 2.05) is 0 Å². The molecule has 0 amide bonds. The van der Waals surface area contributed by atoms with Crippen LogP contribution in [0.4, 0.5) is 13.2 Å². The van der Waals surface area contributed by atoms with E-state index in [0.29, 0.717) is 12.1 Å². The topological polar surface area (TPSA) is 38.0 Å². The highest BCUT2D eigenvalue weighted by molar-refractivity contribution is 5.28. The van der Waals surface area contributed by atoms with Crippen LogP contribution in [0.3, 0.4) is 0 Å². The molecule has 3 nitrogen and oxygen atoms in total. The first-order chi connectivity index (χ1) is 7.99. The van der Waals surface area contributed by atoms with Crippen LogP contribution in [0.1, 0.15) is 17.4 Å². The smallest absolute Gasteiger partial charge is 0.135 e. The molecule has 0 fully saturated rings. The van der Waals surface area contributed by atoms with E-state index in [0.717, 1.165) is 0 Å². The van der Waals surface area contributed by atoms with Crippen molar-refractivity contribution in [3.63, 3.8) is 0 Å². The summed E-state index contributed by atoms with van der Waals surface area (Å²) in [6.07, 6.45) is -0.0328. The van der Waals surface area contributed by atoms with Crippen LogP contribution in [-0.2, 0) is 7.05 Å². The predicted octanol–water partition coefficient (Wildman–Crippen LogP) is 1.92. The van der Waals surface area contributed by atoms with Crippen LogP contribution in [0, 0.1) is 17.5 Å². The lowest BCUT2D eigenvalue weighted by molar-refractivity contribution is 0.203. The third-order valence-corrected chi connectivity index (χ3v) is 2.33. The number of benzene rings is 1. The first kappa shape index (κ1) is 11.7. The van der Waals surface area contributed by atoms with E-state index in [4.69, 9.17) is 0 Å². The SMILES string of the molecule is Cn1ccc(C(O)c2c(F)cc(F)cc2F)n1. The molecule has 0 aliphatic rings. The van der Waals surface area contributed by atoms with E-state index in [1.54, 1.807) is 7.05 Å². The maximum Gasteiger partial charge on any atom is 0.135 e. The lowest BCUT2D eigenvalue weighted by Gasteiger charge is -2.10. The fraction of sp³-hybridized carbons (Fsp3) is 0.182. The minimum absolute atomic E-state index is 0.0944. The number of aromatic nitrogens is 2. The molecule has 1 aromatic heterocycles. The summed E-state index contributed by atoms with van der Waals surface area (Å²) in [5.41, 5.74) is -0.512. The lowest BCUT2D eigenvalue weighted by atomic mass is 10.1. The fourth-order valence-electron chi connectivity index (χ4n) is 1.54. The standard InChI is InChI=1S/C11H9F3N2O/c1-16-3-2-9(15-16)11(17)10-7(13)4-6(12)5-8(10)14/h2-5,11,17H,1H3. The number of aliphatic hydroxyl groups excluding tert-OH is 1. The summed E-state index contributed by atoms with van der Waals surface area (Å²) in [6, 6.07) is 2.46. The van der Waals surface area contributed by atoms with Gasteiger partial charge in [-0.05, 0) is 6.07 Å². The summed E-state index contributed by atoms with van der Waals surface area (Å²) < 4.78 is 40.8. The van der Waals surface area contributed by atoms with Crippen LogP contribution in [0.15, 0.2) is 24.4 Å². The minimum atomic E-state index is -1.56. The number of rotatable bonds is 2. The number of hydrogen-bond donors (Lipinski definition) is 1. The highest BCUT2D eigenvalue weighted by Gasteiger charge is 2.22. The van der Waals surface area contributed by atoms with Crippen molar-refractivity contribution in [3.05, 3.63) is 53.1 Å². The number of halogens is 3. The second-order valence-electron chi connectivity index (χ2n) is 3.60. The van der Waals surface area contributed by atoms with Crippen molar-refractivity contribution in [2.75, 3.05) is 0 Å². The Hall–Kier alpha value is -1.82. The average molecular weight is 242 g/mol. The Balaban J connectivity index is 2.47. The van der Waals surface area contributed by atoms with Gasteiger partial charge >= 0.3 is 0 Å². The molecule has 0 aliphatic carbocycles. The largest absolute Gasteiger partial charge is 0.382 e. The van der Waals surface area contributed by atoms with Crippen molar-refractivity contribution >= 4 is 0 Å². The number of nitrogens with zero attached hydrogens (tertiary/aromatic N) is 2. The van der Waals surface area contributed by atoms with Crippen LogP contribution < -0.4 is 0 Å². The second-order valence-corrected chi connectivity index (χ2v) is 3.60. The summed E-state index contributed by atoms with van der Waals surface area (Å²) in [6.45, 7) is 0. The Labute approximate surface area is 95.1 Å². The van der Waals surface area contributed by atoms with Gasteiger partial charge in [0.25, 0.3) is 0 Å². The summed E-state index contributed by atoms with van der Waals surface area (Å²) >= 11 is 0. The minimum Gasteiger partial charge on any atom is -0.382 e. The van der Waals surface area contributed by atoms with Gasteiger partial charge in [-0.2, -0.15) is 5.10 Å². The van der Waals surface area contributed by atoms with E-state index in [1.165, 1.54) is 16.9 Å². The quantitative estimate of drug-likeness (QED) is 0.873. The summed E-state index contributed by atoms with van der Waals surface area (Å²) in [4.78, 5) is 0. The molecule has 2 rings (SSSR count). The van der Waals surface area contributed by atoms with Crippen molar-refractivity contribution in [2.24, 2.45) is 7.05 Å². The van der Waals surface area contributed by atoms with Gasteiger partial charge in [0.2, 0.25) is 0 Å². The van der Waals surface area contributed by atoms with Crippen molar-refractivity contribution in [2.45, 2.75) is 6.10 Å². The number of aliphatic hydroxyl groups is 1. The molecule has 0 spiro atoms. The van der Waals surface area contributed by atoms with Crippen molar-refractivity contribution in [3.8, 4) is 0 Å². The monoisotopic (exact) mass is 242 g/mol. The Bertz CT molecular complexity index is 530. The van der Waals surface area contributed by atoms with Gasteiger partial charge in [0.15, 0.2) is 0 Å². The molecule has 0 saturated carbocycles. The molecule has 1 aromatic carbocycles. The molecule has 1 atom stereocenters. The molecular weight excluding hydrogens is 233 g/mol. The first-order valence-electron chi connectivity index (χ1n) is 4.81. The lowest BCUT2D eigenvalue weighted by Crippen LogP contribution is -2.07. The fourth-order valence-corrected chi connectivity index (χ4v) is 1.54. The van der Waals surface area contributed by atoms with Crippen molar-refractivity contribution in [1.82, 2.24) is 9.78 Å². The van der Waals surface area contributed by atoms with Crippen LogP contribution in [0.25, 0.3) is 0 Å². The van der Waals surface area contributed by atoms with Gasteiger partial charge < -0.3 is 5.11 Å². The average Bonchev–Trinajstić information content (AvgIpc) is 2.63. The highest BCUT2D eigenvalue weighted by Crippen LogP contribution is 2.26. The Morgan fingerprint density at radius 3 is 2.29 bits per heavy atom. The van der Waals surface area contributed by atoms with Crippen molar-refractivity contribution in [1.29, 1.82) is 0 Å². The van der Waals surface area contributed by atoms with Crippen LogP contribution >= 0.6 is 0 Å². The first-order valence-corrected chi connectivity index (χ1v) is 4.81. The van der Waals surface area contributed by atoms with E-state index in [-0.39, 0.29) is 5.69 Å². The molecule has 17 heavy (non-hydrogen) atoms. The van der Waals surface area contributed by atoms with E-state index < -0.39 is 29.1 Å². The second kappa shape index (κ2) is 4.21. The molecular formula is C11H9F3N2O. The molecule has 1 heterocycles. The summed E-state index contributed by atoms with van der Waals surface area (Å²) in [5.74, 6) is -3.31. The van der Waals surface area contributed by atoms with Gasteiger partial charge in [0.1, 0.15) is 23.6 Å². The van der Waals surface area contributed by atoms with Gasteiger partial charge in [0, 0.05) is 25.4 Å². The number of aryl methyl sites for hydroxylation is 1. The molecule has 0 saturated heterocycles. The van der Waals surface area contributed by atoms with E-state index >= 15 is 0 Å². The zero-order chi connectivity index (χ0) is 12.6. The maximum atomic E-state index is 13.4. The molecule has 90 valence electrons. The van der Waals surface area contributed by atoms with Gasteiger partial charge in [-0.3, -0.25) is 4.68 Å². The Kier molecular flexibility index (Phi) is 2.89. The van der Waals surface area contributed by atoms with Crippen molar-refractivity contribution < 1.29 is 18.3 Å². The van der Waals surface area contributed by atoms with Crippen LogP contribution in [-0.4, -0.2) is 14.9 Å². The molecule has 1 N–H and O–H groups in total. The summed E-state index contributed by atoms with van der Waals surface area (Å²) in [7, 11) is 1.60. The third-order valence-electron chi connectivity index (χ3n) is 2.33. The zero-order valence-corrected chi connectivity index (χ0v) is 8.86. The van der Waals surface area contributed by atoms with E-state index in [2.05, 4.69) is 5.10 Å². The third kappa shape index (κ3) is 2.16. The number of hydrogen-bond acceptors (Lipinski definition) is 2. The zero-order valence-electron chi connectivity index (χ0n) is 8.86. The molecule has 6 heteroatoms. The van der Waals surface area contributed by atoms with Crippen LogP contribution in [0.2, 0.25) is 0 Å². The van der Waals surface area contributed by atoms with E-state index in [9.17, 15) is 18.3 Å². The summed E-state index contributed by atoms with van der Waals surface area (Å²) in [5, 5.41) is 13.6. The molecule has 0 radical (unpaired) electrons. The Morgan fingerprint density at radius 2 is 1.82 bits per heavy atom. The molecule has 0 bridgehead atoms. The predicted molar refractivity (Wildman–Crippen MR) is 53.6 cm³/mol. The molecule has 1 unspecified atom stereocenters. The highest BCUT2D eigenvalue weighted by atomic mass is 19.1. The molecule has 2 aromatic rings. The van der Waals surface area contributed by atoms with Gasteiger partial charge in [0.05, 0.1) is 11.3 Å². The maximum absolute atomic E-state index is 13.4. The molecule has 0 aliphatic heterocycles. The van der Waals surface area contributed by atoms with Gasteiger partial charge in [-0.25, -0.2) is 13.2 Å². The van der Waals surface area contributed by atoms with Crippen LogP contribution in [0.5, 0.6) is 0 Å². The van der Waals surface area contributed by atoms with Gasteiger partial charge in [-0.15, -0.1) is 0 Å². The Morgan fingerprint density at radius 1 is 1.24 bits per heavy atom. The normalized spacial score (nSPS) is 12.8.